The van der Waals surface area contributed by atoms with Gasteiger partial charge in [-0.25, -0.2) is 0 Å². The molecule has 2 saturated carbocycles. The molecule has 0 saturated heterocycles. The molecule has 0 aromatic heterocycles. The molecule has 1 amide bonds. The van der Waals surface area contributed by atoms with Gasteiger partial charge in [-0.2, -0.15) is 0 Å². The van der Waals surface area contributed by atoms with Crippen molar-refractivity contribution in [1.82, 2.24) is 5.32 Å². The molecular weight excluding hydrogens is 290 g/mol. The summed E-state index contributed by atoms with van der Waals surface area (Å²) in [6, 6.07) is 9.93. The number of carbonyl (C=O) groups excluding carboxylic acids is 1. The zero-order valence-corrected chi connectivity index (χ0v) is 13.6. The molecule has 4 heteroatoms. The van der Waals surface area contributed by atoms with Crippen LogP contribution in [0.5, 0.6) is 0 Å². The summed E-state index contributed by atoms with van der Waals surface area (Å²) >= 11 is 0. The maximum atomic E-state index is 12.8. The standard InChI is InChI=1S/C19H27NO3/c21-16-12-10-15(11-13-16)20-19(22)18(14-6-2-1-3-7-14)23-17-8-4-5-9-17/h1-3,6-7,15-18,21H,4-5,8-13H2,(H,20,22). The Bertz CT molecular complexity index is 491. The third-order valence-corrected chi connectivity index (χ3v) is 5.01. The van der Waals surface area contributed by atoms with Crippen molar-refractivity contribution < 1.29 is 14.6 Å². The fourth-order valence-corrected chi connectivity index (χ4v) is 3.63. The first-order valence-electron chi connectivity index (χ1n) is 8.91. The smallest absolute Gasteiger partial charge is 0.253 e. The first kappa shape index (κ1) is 16.5. The van der Waals surface area contributed by atoms with E-state index in [1.807, 2.05) is 30.3 Å². The van der Waals surface area contributed by atoms with Gasteiger partial charge in [0.15, 0.2) is 6.10 Å². The van der Waals surface area contributed by atoms with Gasteiger partial charge in [0.25, 0.3) is 5.91 Å². The number of carbonyl (C=O) groups is 1. The highest BCUT2D eigenvalue weighted by molar-refractivity contribution is 5.82. The molecule has 1 aromatic rings. The first-order chi connectivity index (χ1) is 11.2. The van der Waals surface area contributed by atoms with Crippen LogP contribution in [0, 0.1) is 0 Å². The zero-order chi connectivity index (χ0) is 16.1. The molecule has 2 N–H and O–H groups in total. The van der Waals surface area contributed by atoms with Crippen LogP contribution in [0.1, 0.15) is 63.0 Å². The molecular formula is C19H27NO3. The number of benzene rings is 1. The maximum Gasteiger partial charge on any atom is 0.253 e. The summed E-state index contributed by atoms with van der Waals surface area (Å²) in [5, 5.41) is 12.7. The van der Waals surface area contributed by atoms with Crippen LogP contribution in [-0.4, -0.2) is 29.3 Å². The molecule has 1 unspecified atom stereocenters. The highest BCUT2D eigenvalue weighted by Crippen LogP contribution is 2.28. The number of aliphatic hydroxyl groups excluding tert-OH is 1. The summed E-state index contributed by atoms with van der Waals surface area (Å²) in [6.45, 7) is 0. The highest BCUT2D eigenvalue weighted by Gasteiger charge is 2.29. The summed E-state index contributed by atoms with van der Waals surface area (Å²) in [5.41, 5.74) is 0.924. The van der Waals surface area contributed by atoms with E-state index in [2.05, 4.69) is 5.32 Å². The van der Waals surface area contributed by atoms with Crippen LogP contribution in [0.15, 0.2) is 30.3 Å². The molecule has 2 aliphatic carbocycles. The summed E-state index contributed by atoms with van der Waals surface area (Å²) in [7, 11) is 0. The molecule has 4 nitrogen and oxygen atoms in total. The van der Waals surface area contributed by atoms with Crippen molar-refractivity contribution in [2.45, 2.75) is 75.7 Å². The number of hydrogen-bond donors (Lipinski definition) is 2. The van der Waals surface area contributed by atoms with Gasteiger partial charge >= 0.3 is 0 Å². The van der Waals surface area contributed by atoms with E-state index in [9.17, 15) is 9.90 Å². The Morgan fingerprint density at radius 2 is 1.70 bits per heavy atom. The van der Waals surface area contributed by atoms with Crippen molar-refractivity contribution in [3.63, 3.8) is 0 Å². The average molecular weight is 317 g/mol. The Balaban J connectivity index is 1.65. The second kappa shape index (κ2) is 7.93. The Morgan fingerprint density at radius 1 is 1.04 bits per heavy atom. The molecule has 1 atom stereocenters. The predicted octanol–water partition coefficient (Wildman–Crippen LogP) is 3.11. The van der Waals surface area contributed by atoms with Crippen LogP contribution in [0.4, 0.5) is 0 Å². The van der Waals surface area contributed by atoms with E-state index in [1.165, 1.54) is 12.8 Å². The van der Waals surface area contributed by atoms with Crippen molar-refractivity contribution >= 4 is 5.91 Å². The summed E-state index contributed by atoms with van der Waals surface area (Å²) in [4.78, 5) is 12.8. The lowest BCUT2D eigenvalue weighted by atomic mass is 9.93. The Hall–Kier alpha value is -1.39. The minimum atomic E-state index is -0.522. The summed E-state index contributed by atoms with van der Waals surface area (Å²) in [6.07, 6.45) is 7.17. The molecule has 0 spiro atoms. The van der Waals surface area contributed by atoms with E-state index in [-0.39, 0.29) is 24.2 Å². The first-order valence-corrected chi connectivity index (χ1v) is 8.91. The summed E-state index contributed by atoms with van der Waals surface area (Å²) < 4.78 is 6.16. The lowest BCUT2D eigenvalue weighted by Gasteiger charge is -2.29. The van der Waals surface area contributed by atoms with Crippen LogP contribution >= 0.6 is 0 Å². The van der Waals surface area contributed by atoms with Crippen LogP contribution in [0.3, 0.4) is 0 Å². The van der Waals surface area contributed by atoms with Gasteiger partial charge in [-0.05, 0) is 44.1 Å². The molecule has 3 rings (SSSR count). The van der Waals surface area contributed by atoms with Crippen molar-refractivity contribution in [3.05, 3.63) is 35.9 Å². The molecule has 0 aliphatic heterocycles. The third kappa shape index (κ3) is 4.55. The minimum Gasteiger partial charge on any atom is -0.393 e. The van der Waals surface area contributed by atoms with E-state index in [4.69, 9.17) is 4.74 Å². The van der Waals surface area contributed by atoms with E-state index < -0.39 is 6.10 Å². The molecule has 2 aliphatic rings. The number of nitrogens with one attached hydrogen (secondary N) is 1. The van der Waals surface area contributed by atoms with Crippen LogP contribution < -0.4 is 5.32 Å². The Kier molecular flexibility index (Phi) is 5.68. The van der Waals surface area contributed by atoms with Crippen molar-refractivity contribution in [3.8, 4) is 0 Å². The van der Waals surface area contributed by atoms with Crippen LogP contribution in [-0.2, 0) is 9.53 Å². The molecule has 0 bridgehead atoms. The van der Waals surface area contributed by atoms with Gasteiger partial charge in [-0.15, -0.1) is 0 Å². The molecule has 126 valence electrons. The van der Waals surface area contributed by atoms with E-state index in [0.29, 0.717) is 0 Å². The largest absolute Gasteiger partial charge is 0.393 e. The average Bonchev–Trinajstić information content (AvgIpc) is 3.09. The SMILES string of the molecule is O=C(NC1CCC(O)CC1)C(OC1CCCC1)c1ccccc1. The van der Waals surface area contributed by atoms with E-state index >= 15 is 0 Å². The van der Waals surface area contributed by atoms with E-state index in [0.717, 1.165) is 44.1 Å². The topological polar surface area (TPSA) is 58.6 Å². The van der Waals surface area contributed by atoms with Crippen LogP contribution in [0.2, 0.25) is 0 Å². The van der Waals surface area contributed by atoms with Gasteiger partial charge in [0.05, 0.1) is 12.2 Å². The van der Waals surface area contributed by atoms with Crippen molar-refractivity contribution in [1.29, 1.82) is 0 Å². The number of rotatable bonds is 5. The van der Waals surface area contributed by atoms with Gasteiger partial charge in [0.1, 0.15) is 0 Å². The van der Waals surface area contributed by atoms with E-state index in [1.54, 1.807) is 0 Å². The quantitative estimate of drug-likeness (QED) is 0.877. The van der Waals surface area contributed by atoms with Crippen LogP contribution in [0.25, 0.3) is 0 Å². The Morgan fingerprint density at radius 3 is 2.35 bits per heavy atom. The molecule has 1 aromatic carbocycles. The number of hydrogen-bond acceptors (Lipinski definition) is 3. The molecule has 0 radical (unpaired) electrons. The van der Waals surface area contributed by atoms with Gasteiger partial charge < -0.3 is 15.2 Å². The Labute approximate surface area is 138 Å². The van der Waals surface area contributed by atoms with Gasteiger partial charge in [-0.1, -0.05) is 43.2 Å². The monoisotopic (exact) mass is 317 g/mol. The number of ether oxygens (including phenoxy) is 1. The van der Waals surface area contributed by atoms with Gasteiger partial charge in [-0.3, -0.25) is 4.79 Å². The van der Waals surface area contributed by atoms with Crippen molar-refractivity contribution in [2.24, 2.45) is 0 Å². The molecule has 23 heavy (non-hydrogen) atoms. The van der Waals surface area contributed by atoms with Crippen molar-refractivity contribution in [2.75, 3.05) is 0 Å². The highest BCUT2D eigenvalue weighted by atomic mass is 16.5. The third-order valence-electron chi connectivity index (χ3n) is 5.01. The maximum absolute atomic E-state index is 12.8. The lowest BCUT2D eigenvalue weighted by molar-refractivity contribution is -0.138. The number of aliphatic hydroxyl groups is 1. The lowest BCUT2D eigenvalue weighted by Crippen LogP contribution is -2.42. The summed E-state index contributed by atoms with van der Waals surface area (Å²) in [5.74, 6) is -0.0375. The minimum absolute atomic E-state index is 0.0375. The van der Waals surface area contributed by atoms with Gasteiger partial charge in [0.2, 0.25) is 0 Å². The predicted molar refractivity (Wildman–Crippen MR) is 88.9 cm³/mol. The van der Waals surface area contributed by atoms with Gasteiger partial charge in [0, 0.05) is 6.04 Å². The fourth-order valence-electron chi connectivity index (χ4n) is 3.63. The second-order valence-electron chi connectivity index (χ2n) is 6.85. The second-order valence-corrected chi connectivity index (χ2v) is 6.85. The normalized spacial score (nSPS) is 26.8. The number of amides is 1. The fraction of sp³-hybridized carbons (Fsp3) is 0.632. The molecule has 0 heterocycles. The zero-order valence-electron chi connectivity index (χ0n) is 13.6. The molecule has 2 fully saturated rings.